The van der Waals surface area contributed by atoms with Crippen LogP contribution in [-0.4, -0.2) is 18.5 Å². The van der Waals surface area contributed by atoms with Gasteiger partial charge in [-0.25, -0.2) is 0 Å². The summed E-state index contributed by atoms with van der Waals surface area (Å²) in [5, 5.41) is 13.2. The normalized spacial score (nSPS) is 11.8. The van der Waals surface area contributed by atoms with E-state index in [9.17, 15) is 10.1 Å². The third kappa shape index (κ3) is 6.37. The summed E-state index contributed by atoms with van der Waals surface area (Å²) >= 11 is 0. The molecule has 0 bridgehead atoms. The molecule has 0 aliphatic heterocycles. The van der Waals surface area contributed by atoms with Crippen LogP contribution in [0.15, 0.2) is 23.4 Å². The average Bonchev–Trinajstić information content (AvgIpc) is 2.17. The van der Waals surface area contributed by atoms with E-state index in [1.54, 1.807) is 26.1 Å². The lowest BCUT2D eigenvalue weighted by Gasteiger charge is -1.99. The van der Waals surface area contributed by atoms with Crippen molar-refractivity contribution in [3.05, 3.63) is 33.5 Å². The van der Waals surface area contributed by atoms with Gasteiger partial charge in [-0.05, 0) is 20.9 Å². The maximum atomic E-state index is 10.5. The average molecular weight is 200 g/mol. The first kappa shape index (κ1) is 15.3. The molecule has 0 amide bonds. The molecule has 0 atom stereocenters. The van der Waals surface area contributed by atoms with Crippen LogP contribution in [0.3, 0.4) is 0 Å². The van der Waals surface area contributed by atoms with Crippen molar-refractivity contribution < 1.29 is 4.92 Å². The fourth-order valence-electron chi connectivity index (χ4n) is 0.862. The predicted octanol–water partition coefficient (Wildman–Crippen LogP) is 2.36. The van der Waals surface area contributed by atoms with Crippen LogP contribution in [-0.2, 0) is 0 Å². The highest BCUT2D eigenvalue weighted by molar-refractivity contribution is 5.19. The van der Waals surface area contributed by atoms with Crippen molar-refractivity contribution in [2.75, 3.05) is 13.6 Å². The predicted molar refractivity (Wildman–Crippen MR) is 59.8 cm³/mol. The van der Waals surface area contributed by atoms with Gasteiger partial charge in [0.2, 0.25) is 0 Å². The van der Waals surface area contributed by atoms with Gasteiger partial charge in [0.15, 0.2) is 0 Å². The molecule has 0 aliphatic rings. The largest absolute Gasteiger partial charge is 0.310 e. The molecular weight excluding hydrogens is 180 g/mol. The number of likely N-dealkylation sites (N-methyl/N-ethyl adjacent to an activating group) is 1. The fraction of sp³-hybridized carbons (Fsp3) is 0.600. The first-order valence-corrected chi connectivity index (χ1v) is 4.75. The molecule has 0 aromatic rings. The third-order valence-corrected chi connectivity index (χ3v) is 1.44. The van der Waals surface area contributed by atoms with Crippen molar-refractivity contribution in [1.82, 2.24) is 5.32 Å². The number of nitro groups is 1. The molecule has 0 aromatic heterocycles. The van der Waals surface area contributed by atoms with E-state index in [-0.39, 0.29) is 10.6 Å². The number of hydrogen-bond acceptors (Lipinski definition) is 3. The van der Waals surface area contributed by atoms with Crippen LogP contribution in [0.5, 0.6) is 0 Å². The van der Waals surface area contributed by atoms with Crippen LogP contribution in [0, 0.1) is 10.1 Å². The molecule has 0 saturated heterocycles. The Kier molecular flexibility index (Phi) is 10.9. The van der Waals surface area contributed by atoms with Crippen LogP contribution in [0.2, 0.25) is 0 Å². The molecule has 0 aliphatic carbocycles. The quantitative estimate of drug-likeness (QED) is 0.430. The van der Waals surface area contributed by atoms with E-state index in [4.69, 9.17) is 0 Å². The van der Waals surface area contributed by atoms with Crippen molar-refractivity contribution >= 4 is 0 Å². The zero-order chi connectivity index (χ0) is 11.6. The van der Waals surface area contributed by atoms with E-state index in [1.807, 2.05) is 20.8 Å². The second kappa shape index (κ2) is 9.92. The van der Waals surface area contributed by atoms with Crippen molar-refractivity contribution in [1.29, 1.82) is 0 Å². The zero-order valence-corrected chi connectivity index (χ0v) is 9.63. The Labute approximate surface area is 85.9 Å². The van der Waals surface area contributed by atoms with Gasteiger partial charge in [0.05, 0.1) is 11.5 Å². The standard InChI is InChI=1S/C8H14N2O2.C2H6/c1-4-5-7(2)8(6-9-3)10(11)12;1-2/h4-5,9H,6H2,1-3H3;1-2H3/b5-4-,8-7+;. The monoisotopic (exact) mass is 200 g/mol. The highest BCUT2D eigenvalue weighted by Gasteiger charge is 2.11. The summed E-state index contributed by atoms with van der Waals surface area (Å²) in [5.74, 6) is 0. The van der Waals surface area contributed by atoms with Crippen molar-refractivity contribution in [2.45, 2.75) is 27.7 Å². The Morgan fingerprint density at radius 2 is 2.00 bits per heavy atom. The second-order valence-electron chi connectivity index (χ2n) is 2.42. The van der Waals surface area contributed by atoms with E-state index in [2.05, 4.69) is 5.32 Å². The third-order valence-electron chi connectivity index (χ3n) is 1.44. The number of rotatable bonds is 4. The lowest BCUT2D eigenvalue weighted by Crippen LogP contribution is -2.17. The first-order chi connectivity index (χ1) is 6.63. The zero-order valence-electron chi connectivity index (χ0n) is 9.63. The van der Waals surface area contributed by atoms with Gasteiger partial charge in [-0.2, -0.15) is 0 Å². The van der Waals surface area contributed by atoms with E-state index >= 15 is 0 Å². The number of nitrogens with zero attached hydrogens (tertiary/aromatic N) is 1. The van der Waals surface area contributed by atoms with Crippen molar-refractivity contribution in [3.63, 3.8) is 0 Å². The molecule has 82 valence electrons. The van der Waals surface area contributed by atoms with Crippen molar-refractivity contribution in [2.24, 2.45) is 0 Å². The topological polar surface area (TPSA) is 55.2 Å². The summed E-state index contributed by atoms with van der Waals surface area (Å²) in [5.41, 5.74) is 0.910. The summed E-state index contributed by atoms with van der Waals surface area (Å²) in [4.78, 5) is 10.1. The molecule has 0 aromatic carbocycles. The van der Waals surface area contributed by atoms with Crippen LogP contribution in [0.1, 0.15) is 27.7 Å². The molecule has 0 spiro atoms. The Morgan fingerprint density at radius 1 is 1.50 bits per heavy atom. The molecule has 0 saturated carbocycles. The van der Waals surface area contributed by atoms with E-state index in [1.165, 1.54) is 0 Å². The number of allylic oxidation sites excluding steroid dienone is 3. The van der Waals surface area contributed by atoms with Gasteiger partial charge in [-0.1, -0.05) is 26.0 Å². The van der Waals surface area contributed by atoms with E-state index in [0.29, 0.717) is 12.1 Å². The molecule has 4 heteroatoms. The minimum Gasteiger partial charge on any atom is -0.310 e. The number of nitrogens with one attached hydrogen (secondary N) is 1. The Hall–Kier alpha value is -1.16. The van der Waals surface area contributed by atoms with Gasteiger partial charge in [-0.3, -0.25) is 10.1 Å². The lowest BCUT2D eigenvalue weighted by atomic mass is 10.2. The van der Waals surface area contributed by atoms with E-state index in [0.717, 1.165) is 0 Å². The highest BCUT2D eigenvalue weighted by Crippen LogP contribution is 2.04. The minimum atomic E-state index is -0.355. The van der Waals surface area contributed by atoms with Crippen molar-refractivity contribution in [3.8, 4) is 0 Å². The van der Waals surface area contributed by atoms with Gasteiger partial charge in [-0.15, -0.1) is 0 Å². The number of hydrogen-bond donors (Lipinski definition) is 1. The van der Waals surface area contributed by atoms with Gasteiger partial charge in [0.1, 0.15) is 0 Å². The van der Waals surface area contributed by atoms with Gasteiger partial charge < -0.3 is 5.32 Å². The summed E-state index contributed by atoms with van der Waals surface area (Å²) in [7, 11) is 1.69. The molecule has 0 unspecified atom stereocenters. The second-order valence-corrected chi connectivity index (χ2v) is 2.42. The molecular formula is C10H20N2O2. The van der Waals surface area contributed by atoms with Crippen LogP contribution in [0.25, 0.3) is 0 Å². The van der Waals surface area contributed by atoms with Crippen LogP contribution >= 0.6 is 0 Å². The van der Waals surface area contributed by atoms with Gasteiger partial charge >= 0.3 is 0 Å². The summed E-state index contributed by atoms with van der Waals surface area (Å²) in [6, 6.07) is 0. The van der Waals surface area contributed by atoms with Crippen LogP contribution < -0.4 is 5.32 Å². The SMILES string of the molecule is C/C=C\C(C)=C(/CNC)[N+](=O)[O-].CC. The molecule has 14 heavy (non-hydrogen) atoms. The van der Waals surface area contributed by atoms with Gasteiger partial charge in [0.25, 0.3) is 5.70 Å². The summed E-state index contributed by atoms with van der Waals surface area (Å²) < 4.78 is 0. The molecule has 0 radical (unpaired) electrons. The van der Waals surface area contributed by atoms with Gasteiger partial charge in [0, 0.05) is 5.57 Å². The Morgan fingerprint density at radius 3 is 2.29 bits per heavy atom. The van der Waals surface area contributed by atoms with E-state index < -0.39 is 0 Å². The smallest absolute Gasteiger partial charge is 0.262 e. The van der Waals surface area contributed by atoms with Crippen LogP contribution in [0.4, 0.5) is 0 Å². The molecule has 1 N–H and O–H groups in total. The molecule has 0 heterocycles. The molecule has 4 nitrogen and oxygen atoms in total. The first-order valence-electron chi connectivity index (χ1n) is 4.75. The summed E-state index contributed by atoms with van der Waals surface area (Å²) in [6.07, 6.45) is 3.52. The molecule has 0 rings (SSSR count). The Balaban J connectivity index is 0. The lowest BCUT2D eigenvalue weighted by molar-refractivity contribution is -0.426. The maximum Gasteiger partial charge on any atom is 0.262 e. The summed E-state index contributed by atoms with van der Waals surface area (Å²) in [6.45, 7) is 7.86. The maximum absolute atomic E-state index is 10.5. The fourth-order valence-corrected chi connectivity index (χ4v) is 0.862. The molecule has 0 fully saturated rings. The minimum absolute atomic E-state index is 0.218. The highest BCUT2D eigenvalue weighted by atomic mass is 16.6. The Bertz CT molecular complexity index is 220.